The molecule has 4 atom stereocenters. The van der Waals surface area contributed by atoms with E-state index in [-0.39, 0.29) is 17.4 Å². The van der Waals surface area contributed by atoms with Gasteiger partial charge in [-0.1, -0.05) is 30.3 Å². The molecule has 3 nitrogen and oxygen atoms in total. The van der Waals surface area contributed by atoms with Crippen molar-refractivity contribution in [2.45, 2.75) is 37.2 Å². The summed E-state index contributed by atoms with van der Waals surface area (Å²) in [6.45, 7) is 2.16. The number of ketones is 1. The summed E-state index contributed by atoms with van der Waals surface area (Å²) in [5, 5.41) is 0. The van der Waals surface area contributed by atoms with E-state index in [0.717, 1.165) is 32.3 Å². The third kappa shape index (κ3) is 2.53. The number of carbonyl (C=O) groups excluding carboxylic acids is 1. The molecule has 1 aromatic carbocycles. The van der Waals surface area contributed by atoms with Gasteiger partial charge in [-0.25, -0.2) is 0 Å². The summed E-state index contributed by atoms with van der Waals surface area (Å²) in [6.07, 6.45) is 3.73. The predicted octanol–water partition coefficient (Wildman–Crippen LogP) is 2.94. The summed E-state index contributed by atoms with van der Waals surface area (Å²) >= 11 is 0. The van der Waals surface area contributed by atoms with Crippen LogP contribution in [-0.4, -0.2) is 31.2 Å². The summed E-state index contributed by atoms with van der Waals surface area (Å²) in [6, 6.07) is 10.5. The van der Waals surface area contributed by atoms with Gasteiger partial charge in [0.2, 0.25) is 0 Å². The third-order valence-corrected chi connectivity index (χ3v) is 5.35. The van der Waals surface area contributed by atoms with E-state index in [1.165, 1.54) is 5.56 Å². The minimum absolute atomic E-state index is 0.157. The molecule has 112 valence electrons. The molecule has 0 N–H and O–H groups in total. The Hall–Kier alpha value is -1.19. The number of benzene rings is 1. The maximum Gasteiger partial charge on any atom is 0.139 e. The van der Waals surface area contributed by atoms with Crippen LogP contribution < -0.4 is 0 Å². The van der Waals surface area contributed by atoms with Crippen molar-refractivity contribution in [3.05, 3.63) is 35.9 Å². The zero-order valence-corrected chi connectivity index (χ0v) is 12.3. The van der Waals surface area contributed by atoms with Crippen LogP contribution >= 0.6 is 0 Å². The lowest BCUT2D eigenvalue weighted by molar-refractivity contribution is -0.138. The van der Waals surface area contributed by atoms with Crippen LogP contribution in [0.2, 0.25) is 0 Å². The largest absolute Gasteiger partial charge is 0.378 e. The lowest BCUT2D eigenvalue weighted by atomic mass is 9.81. The van der Waals surface area contributed by atoms with Gasteiger partial charge in [-0.05, 0) is 30.7 Å². The lowest BCUT2D eigenvalue weighted by Crippen LogP contribution is -2.42. The Morgan fingerprint density at radius 3 is 2.81 bits per heavy atom. The van der Waals surface area contributed by atoms with Gasteiger partial charge in [0.25, 0.3) is 0 Å². The van der Waals surface area contributed by atoms with E-state index in [9.17, 15) is 4.79 Å². The fourth-order valence-corrected chi connectivity index (χ4v) is 4.01. The Balaban J connectivity index is 1.42. The zero-order chi connectivity index (χ0) is 14.3. The van der Waals surface area contributed by atoms with Crippen molar-refractivity contribution in [3.8, 4) is 0 Å². The molecule has 3 fully saturated rings. The van der Waals surface area contributed by atoms with Gasteiger partial charge in [0.15, 0.2) is 0 Å². The standard InChI is InChI=1S/C18H22O3/c19-17(16-10-15(16)13-4-2-1-3-5-13)14-6-8-21-18(11-14)7-9-20-12-18/h1-5,14-16H,6-12H2. The van der Waals surface area contributed by atoms with E-state index in [2.05, 4.69) is 24.3 Å². The fourth-order valence-electron chi connectivity index (χ4n) is 4.01. The van der Waals surface area contributed by atoms with Crippen LogP contribution in [-0.2, 0) is 14.3 Å². The second-order valence-corrected chi connectivity index (χ2v) is 6.79. The maximum absolute atomic E-state index is 12.8. The smallest absolute Gasteiger partial charge is 0.139 e. The Labute approximate surface area is 125 Å². The highest BCUT2D eigenvalue weighted by atomic mass is 16.6. The number of rotatable bonds is 3. The molecular formula is C18H22O3. The van der Waals surface area contributed by atoms with Crippen LogP contribution in [0.1, 0.15) is 37.2 Å². The molecule has 2 heterocycles. The van der Waals surface area contributed by atoms with Crippen molar-refractivity contribution in [1.82, 2.24) is 0 Å². The highest BCUT2D eigenvalue weighted by Gasteiger charge is 2.49. The third-order valence-electron chi connectivity index (χ3n) is 5.35. The summed E-state index contributed by atoms with van der Waals surface area (Å²) in [7, 11) is 0. The second kappa shape index (κ2) is 5.22. The van der Waals surface area contributed by atoms with E-state index < -0.39 is 0 Å². The minimum Gasteiger partial charge on any atom is -0.378 e. The number of hydrogen-bond acceptors (Lipinski definition) is 3. The molecule has 1 spiro atoms. The lowest BCUT2D eigenvalue weighted by Gasteiger charge is -2.36. The summed E-state index contributed by atoms with van der Waals surface area (Å²) < 4.78 is 11.4. The van der Waals surface area contributed by atoms with E-state index in [4.69, 9.17) is 9.47 Å². The average Bonchev–Trinajstić information content (AvgIpc) is 3.22. The van der Waals surface area contributed by atoms with Crippen molar-refractivity contribution in [2.24, 2.45) is 11.8 Å². The monoisotopic (exact) mass is 286 g/mol. The van der Waals surface area contributed by atoms with Gasteiger partial charge in [0.05, 0.1) is 12.2 Å². The van der Waals surface area contributed by atoms with E-state index >= 15 is 0 Å². The molecule has 2 aliphatic heterocycles. The quantitative estimate of drug-likeness (QED) is 0.857. The summed E-state index contributed by atoms with van der Waals surface area (Å²) in [5.74, 6) is 1.35. The first-order chi connectivity index (χ1) is 10.3. The number of ether oxygens (including phenoxy) is 2. The van der Waals surface area contributed by atoms with Gasteiger partial charge in [-0.15, -0.1) is 0 Å². The van der Waals surface area contributed by atoms with Gasteiger partial charge in [0.1, 0.15) is 5.78 Å². The number of Topliss-reactive ketones (excluding diaryl/α,β-unsaturated/α-hetero) is 1. The first-order valence-electron chi connectivity index (χ1n) is 8.08. The van der Waals surface area contributed by atoms with Crippen molar-refractivity contribution >= 4 is 5.78 Å². The SMILES string of the molecule is O=C(C1CCOC2(CCOC2)C1)C1CC1c1ccccc1. The minimum atomic E-state index is -0.157. The zero-order valence-electron chi connectivity index (χ0n) is 12.3. The molecule has 1 saturated carbocycles. The van der Waals surface area contributed by atoms with Gasteiger partial charge in [-0.3, -0.25) is 4.79 Å². The highest BCUT2D eigenvalue weighted by Crippen LogP contribution is 2.50. The molecule has 0 aromatic heterocycles. The molecule has 0 radical (unpaired) electrons. The van der Waals surface area contributed by atoms with Crippen molar-refractivity contribution in [2.75, 3.05) is 19.8 Å². The molecular weight excluding hydrogens is 264 g/mol. The van der Waals surface area contributed by atoms with E-state index in [1.54, 1.807) is 0 Å². The second-order valence-electron chi connectivity index (χ2n) is 6.79. The molecule has 3 aliphatic rings. The van der Waals surface area contributed by atoms with Gasteiger partial charge in [0, 0.05) is 31.5 Å². The van der Waals surface area contributed by atoms with Crippen molar-refractivity contribution in [1.29, 1.82) is 0 Å². The Morgan fingerprint density at radius 2 is 2.05 bits per heavy atom. The molecule has 3 heteroatoms. The van der Waals surface area contributed by atoms with E-state index in [0.29, 0.717) is 24.9 Å². The van der Waals surface area contributed by atoms with Crippen LogP contribution in [0.4, 0.5) is 0 Å². The summed E-state index contributed by atoms with van der Waals surface area (Å²) in [4.78, 5) is 12.8. The van der Waals surface area contributed by atoms with Crippen LogP contribution in [0.5, 0.6) is 0 Å². The normalized spacial score (nSPS) is 38.6. The first-order valence-corrected chi connectivity index (χ1v) is 8.08. The van der Waals surface area contributed by atoms with Crippen molar-refractivity contribution in [3.63, 3.8) is 0 Å². The molecule has 4 rings (SSSR count). The molecule has 0 amide bonds. The molecule has 4 unspecified atom stereocenters. The fraction of sp³-hybridized carbons (Fsp3) is 0.611. The Bertz CT molecular complexity index is 519. The van der Waals surface area contributed by atoms with Crippen LogP contribution in [0.25, 0.3) is 0 Å². The van der Waals surface area contributed by atoms with Crippen LogP contribution in [0, 0.1) is 11.8 Å². The van der Waals surface area contributed by atoms with Crippen molar-refractivity contribution < 1.29 is 14.3 Å². The topological polar surface area (TPSA) is 35.5 Å². The number of carbonyl (C=O) groups is 1. The highest BCUT2D eigenvalue weighted by molar-refractivity contribution is 5.87. The predicted molar refractivity (Wildman–Crippen MR) is 79.1 cm³/mol. The first kappa shape index (κ1) is 13.5. The summed E-state index contributed by atoms with van der Waals surface area (Å²) in [5.41, 5.74) is 1.16. The van der Waals surface area contributed by atoms with Gasteiger partial charge in [-0.2, -0.15) is 0 Å². The van der Waals surface area contributed by atoms with Crippen LogP contribution in [0.15, 0.2) is 30.3 Å². The number of hydrogen-bond donors (Lipinski definition) is 0. The molecule has 21 heavy (non-hydrogen) atoms. The van der Waals surface area contributed by atoms with Gasteiger partial charge >= 0.3 is 0 Å². The maximum atomic E-state index is 12.8. The Kier molecular flexibility index (Phi) is 3.35. The van der Waals surface area contributed by atoms with Crippen LogP contribution in [0.3, 0.4) is 0 Å². The van der Waals surface area contributed by atoms with Gasteiger partial charge < -0.3 is 9.47 Å². The molecule has 1 aliphatic carbocycles. The molecule has 1 aromatic rings. The van der Waals surface area contributed by atoms with E-state index in [1.807, 2.05) is 6.07 Å². The molecule has 2 saturated heterocycles. The molecule has 0 bridgehead atoms. The average molecular weight is 286 g/mol. The Morgan fingerprint density at radius 1 is 1.19 bits per heavy atom.